The van der Waals surface area contributed by atoms with Gasteiger partial charge in [-0.05, 0) is 55.9 Å². The third-order valence-electron chi connectivity index (χ3n) is 5.84. The molecule has 3 rings (SSSR count). The van der Waals surface area contributed by atoms with Gasteiger partial charge in [-0.15, -0.1) is 0 Å². The minimum Gasteiger partial charge on any atom is -0.507 e. The van der Waals surface area contributed by atoms with E-state index in [2.05, 4.69) is 18.7 Å². The Labute approximate surface area is 187 Å². The molecule has 1 fully saturated rings. The number of rotatable bonds is 9. The van der Waals surface area contributed by atoms with Crippen LogP contribution < -0.4 is 4.74 Å². The first-order chi connectivity index (χ1) is 15.4. The Morgan fingerprint density at radius 1 is 1.12 bits per heavy atom. The average molecular weight is 441 g/mol. The van der Waals surface area contributed by atoms with Crippen LogP contribution >= 0.6 is 0 Å². The van der Waals surface area contributed by atoms with Crippen molar-refractivity contribution in [3.05, 3.63) is 71.0 Å². The summed E-state index contributed by atoms with van der Waals surface area (Å²) in [5.74, 6) is -1.59. The molecule has 0 bridgehead atoms. The van der Waals surface area contributed by atoms with Gasteiger partial charge in [0.25, 0.3) is 11.7 Å². The summed E-state index contributed by atoms with van der Waals surface area (Å²) >= 11 is 0. The molecule has 0 saturated carbocycles. The highest BCUT2D eigenvalue weighted by molar-refractivity contribution is 6.46. The van der Waals surface area contributed by atoms with Crippen molar-refractivity contribution in [2.24, 2.45) is 0 Å². The number of nitrogens with zero attached hydrogens (tertiary/aromatic N) is 2. The number of ketones is 1. The Morgan fingerprint density at radius 2 is 1.81 bits per heavy atom. The first-order valence-electron chi connectivity index (χ1n) is 10.8. The summed E-state index contributed by atoms with van der Waals surface area (Å²) in [6, 6.07) is 11.5. The number of hydrogen-bond donors (Lipinski definition) is 1. The molecule has 0 aliphatic carbocycles. The summed E-state index contributed by atoms with van der Waals surface area (Å²) in [6.07, 6.45) is 0.672. The molecule has 1 unspecified atom stereocenters. The van der Waals surface area contributed by atoms with E-state index in [0.29, 0.717) is 29.8 Å². The summed E-state index contributed by atoms with van der Waals surface area (Å²) in [5, 5.41) is 11.1. The van der Waals surface area contributed by atoms with Crippen LogP contribution in [0.2, 0.25) is 0 Å². The fourth-order valence-electron chi connectivity index (χ4n) is 4.03. The van der Waals surface area contributed by atoms with E-state index < -0.39 is 23.5 Å². The molecular weight excluding hydrogens is 411 g/mol. The molecule has 1 atom stereocenters. The normalized spacial score (nSPS) is 17.9. The smallest absolute Gasteiger partial charge is 0.295 e. The molecule has 1 aliphatic heterocycles. The van der Waals surface area contributed by atoms with Gasteiger partial charge in [-0.2, -0.15) is 0 Å². The molecule has 0 spiro atoms. The molecule has 2 aromatic carbocycles. The van der Waals surface area contributed by atoms with Crippen LogP contribution in [0, 0.1) is 5.82 Å². The molecule has 1 aliphatic rings. The summed E-state index contributed by atoms with van der Waals surface area (Å²) in [5.41, 5.74) is 0.938. The van der Waals surface area contributed by atoms with Gasteiger partial charge in [-0.3, -0.25) is 9.59 Å². The number of halogens is 1. The van der Waals surface area contributed by atoms with Crippen LogP contribution in [0.25, 0.3) is 5.76 Å². The fraction of sp³-hybridized carbons (Fsp3) is 0.360. The van der Waals surface area contributed by atoms with Crippen LogP contribution in [0.1, 0.15) is 37.4 Å². The number of ether oxygens (including phenoxy) is 1. The second-order valence-electron chi connectivity index (χ2n) is 7.66. The van der Waals surface area contributed by atoms with Gasteiger partial charge in [0.2, 0.25) is 0 Å². The minimum absolute atomic E-state index is 0.00213. The predicted octanol–water partition coefficient (Wildman–Crippen LogP) is 3.99. The molecular formula is C25H29FN2O4. The van der Waals surface area contributed by atoms with E-state index in [9.17, 15) is 19.1 Å². The molecule has 1 heterocycles. The molecule has 1 amide bonds. The molecule has 2 aromatic rings. The number of Topliss-reactive ketones (excluding diaryl/α,β-unsaturated/α-hetero) is 1. The van der Waals surface area contributed by atoms with E-state index in [4.69, 9.17) is 4.74 Å². The molecule has 32 heavy (non-hydrogen) atoms. The standard InChI is InChI=1S/C25H29FN2O4/c1-4-27(5-2)14-7-15-28-22(17-10-12-19(26)13-11-17)21(24(30)25(28)31)23(29)18-8-6-9-20(16-18)32-3/h6,8-13,16,22,29H,4-5,7,14-15H2,1-3H3/b23-21-. The van der Waals surface area contributed by atoms with E-state index in [1.165, 1.54) is 24.1 Å². The van der Waals surface area contributed by atoms with Crippen LogP contribution in [0.5, 0.6) is 5.75 Å². The lowest BCUT2D eigenvalue weighted by atomic mass is 9.95. The van der Waals surface area contributed by atoms with Gasteiger partial charge in [0.05, 0.1) is 18.7 Å². The lowest BCUT2D eigenvalue weighted by molar-refractivity contribution is -0.140. The highest BCUT2D eigenvalue weighted by Gasteiger charge is 2.45. The summed E-state index contributed by atoms with van der Waals surface area (Å²) in [4.78, 5) is 29.7. The maximum absolute atomic E-state index is 13.6. The van der Waals surface area contributed by atoms with Gasteiger partial charge in [0, 0.05) is 12.1 Å². The number of likely N-dealkylation sites (tertiary alicyclic amines) is 1. The summed E-state index contributed by atoms with van der Waals surface area (Å²) < 4.78 is 18.8. The van der Waals surface area contributed by atoms with Crippen molar-refractivity contribution in [3.8, 4) is 5.75 Å². The number of hydrogen-bond acceptors (Lipinski definition) is 5. The van der Waals surface area contributed by atoms with E-state index >= 15 is 0 Å². The zero-order valence-electron chi connectivity index (χ0n) is 18.7. The number of carbonyl (C=O) groups excluding carboxylic acids is 2. The van der Waals surface area contributed by atoms with Crippen molar-refractivity contribution in [2.45, 2.75) is 26.3 Å². The van der Waals surface area contributed by atoms with Crippen LogP contribution in [0.4, 0.5) is 4.39 Å². The van der Waals surface area contributed by atoms with Crippen molar-refractivity contribution in [1.82, 2.24) is 9.80 Å². The van der Waals surface area contributed by atoms with Crippen molar-refractivity contribution in [1.29, 1.82) is 0 Å². The molecule has 0 radical (unpaired) electrons. The van der Waals surface area contributed by atoms with Gasteiger partial charge >= 0.3 is 0 Å². The largest absolute Gasteiger partial charge is 0.507 e. The minimum atomic E-state index is -0.793. The molecule has 170 valence electrons. The Bertz CT molecular complexity index is 999. The topological polar surface area (TPSA) is 70.1 Å². The number of carbonyl (C=O) groups is 2. The highest BCUT2D eigenvalue weighted by atomic mass is 19.1. The van der Waals surface area contributed by atoms with E-state index in [0.717, 1.165) is 19.6 Å². The third-order valence-corrected chi connectivity index (χ3v) is 5.84. The zero-order valence-corrected chi connectivity index (χ0v) is 18.7. The SMILES string of the molecule is CCN(CC)CCCN1C(=O)C(=O)/C(=C(\O)c2cccc(OC)c2)C1c1ccc(F)cc1. The first kappa shape index (κ1) is 23.5. The fourth-order valence-corrected chi connectivity index (χ4v) is 4.03. The molecule has 6 nitrogen and oxygen atoms in total. The quantitative estimate of drug-likeness (QED) is 0.363. The van der Waals surface area contributed by atoms with E-state index in [-0.39, 0.29) is 11.3 Å². The highest BCUT2D eigenvalue weighted by Crippen LogP contribution is 2.39. The van der Waals surface area contributed by atoms with E-state index in [1.54, 1.807) is 36.4 Å². The third kappa shape index (κ3) is 4.83. The van der Waals surface area contributed by atoms with Crippen LogP contribution in [0.15, 0.2) is 54.1 Å². The maximum atomic E-state index is 13.6. The number of amides is 1. The number of aliphatic hydroxyl groups excluding tert-OH is 1. The van der Waals surface area contributed by atoms with Crippen LogP contribution in [0.3, 0.4) is 0 Å². The summed E-state index contributed by atoms with van der Waals surface area (Å²) in [7, 11) is 1.51. The predicted molar refractivity (Wildman–Crippen MR) is 121 cm³/mol. The lowest BCUT2D eigenvalue weighted by Crippen LogP contribution is -2.33. The van der Waals surface area contributed by atoms with Gasteiger partial charge in [-0.1, -0.05) is 38.1 Å². The van der Waals surface area contributed by atoms with Gasteiger partial charge in [0.15, 0.2) is 0 Å². The molecule has 1 saturated heterocycles. The van der Waals surface area contributed by atoms with Crippen molar-refractivity contribution in [2.75, 3.05) is 33.3 Å². The Kier molecular flexibility index (Phi) is 7.64. The Hall–Kier alpha value is -3.19. The Morgan fingerprint density at radius 3 is 2.44 bits per heavy atom. The lowest BCUT2D eigenvalue weighted by Gasteiger charge is -2.26. The summed E-state index contributed by atoms with van der Waals surface area (Å²) in [6.45, 7) is 7.06. The second kappa shape index (κ2) is 10.4. The van der Waals surface area contributed by atoms with Crippen LogP contribution in [-0.2, 0) is 9.59 Å². The molecule has 7 heteroatoms. The molecule has 0 aromatic heterocycles. The average Bonchev–Trinajstić information content (AvgIpc) is 3.07. The zero-order chi connectivity index (χ0) is 23.3. The first-order valence-corrected chi connectivity index (χ1v) is 10.8. The van der Waals surface area contributed by atoms with Crippen molar-refractivity contribution >= 4 is 17.4 Å². The van der Waals surface area contributed by atoms with Gasteiger partial charge < -0.3 is 19.6 Å². The number of methoxy groups -OCH3 is 1. The van der Waals surface area contributed by atoms with Crippen molar-refractivity contribution < 1.29 is 23.8 Å². The van der Waals surface area contributed by atoms with Gasteiger partial charge in [-0.25, -0.2) is 4.39 Å². The number of benzene rings is 2. The monoisotopic (exact) mass is 440 g/mol. The van der Waals surface area contributed by atoms with Gasteiger partial charge in [0.1, 0.15) is 17.3 Å². The number of aliphatic hydroxyl groups is 1. The Balaban J connectivity index is 2.03. The van der Waals surface area contributed by atoms with Crippen LogP contribution in [-0.4, -0.2) is 59.9 Å². The molecule has 1 N–H and O–H groups in total. The van der Waals surface area contributed by atoms with E-state index in [1.807, 2.05) is 0 Å². The van der Waals surface area contributed by atoms with Crippen molar-refractivity contribution in [3.63, 3.8) is 0 Å². The maximum Gasteiger partial charge on any atom is 0.295 e. The second-order valence-corrected chi connectivity index (χ2v) is 7.66.